The van der Waals surface area contributed by atoms with Gasteiger partial charge in [-0.3, -0.25) is 13.9 Å². The van der Waals surface area contributed by atoms with Gasteiger partial charge in [0.2, 0.25) is 5.89 Å². The summed E-state index contributed by atoms with van der Waals surface area (Å²) >= 11 is 0. The fourth-order valence-electron chi connectivity index (χ4n) is 4.01. The number of ether oxygens (including phenoxy) is 3. The smallest absolute Gasteiger partial charge is 0.339 e. The average molecular weight is 495 g/mol. The van der Waals surface area contributed by atoms with Gasteiger partial charge in [0.05, 0.1) is 43.9 Å². The summed E-state index contributed by atoms with van der Waals surface area (Å²) in [4.78, 5) is 48.2. The SMILES string of the molecule is CCOC(=O)c1cc(C)nc2c1c(=O)n(Cc1nc(-c3cccc(OC)c3OC)oc1C)c(=O)n2C. The number of benzene rings is 1. The van der Waals surface area contributed by atoms with Crippen LogP contribution in [0, 0.1) is 13.8 Å². The van der Waals surface area contributed by atoms with Crippen LogP contribution in [0.1, 0.15) is 34.4 Å². The van der Waals surface area contributed by atoms with Crippen LogP contribution in [0.3, 0.4) is 0 Å². The van der Waals surface area contributed by atoms with Crippen molar-refractivity contribution >= 4 is 17.0 Å². The highest BCUT2D eigenvalue weighted by atomic mass is 16.5. The molecule has 1 aromatic carbocycles. The zero-order valence-corrected chi connectivity index (χ0v) is 20.9. The molecule has 0 saturated carbocycles. The van der Waals surface area contributed by atoms with Gasteiger partial charge in [0, 0.05) is 12.7 Å². The number of hydrogen-bond donors (Lipinski definition) is 0. The number of carbonyl (C=O) groups is 1. The summed E-state index contributed by atoms with van der Waals surface area (Å²) in [5.41, 5.74) is 0.257. The number of aromatic nitrogens is 4. The number of hydrogen-bond acceptors (Lipinski definition) is 9. The summed E-state index contributed by atoms with van der Waals surface area (Å²) in [7, 11) is 4.52. The van der Waals surface area contributed by atoms with Gasteiger partial charge >= 0.3 is 11.7 Å². The maximum absolute atomic E-state index is 13.5. The Morgan fingerprint density at radius 2 is 1.86 bits per heavy atom. The Morgan fingerprint density at radius 3 is 2.53 bits per heavy atom. The van der Waals surface area contributed by atoms with E-state index in [-0.39, 0.29) is 35.6 Å². The molecule has 188 valence electrons. The molecule has 0 aliphatic carbocycles. The third-order valence-electron chi connectivity index (χ3n) is 5.75. The number of carbonyl (C=O) groups excluding carboxylic acids is 1. The van der Waals surface area contributed by atoms with E-state index in [9.17, 15) is 14.4 Å². The minimum Gasteiger partial charge on any atom is -0.493 e. The van der Waals surface area contributed by atoms with E-state index in [1.165, 1.54) is 31.9 Å². The maximum atomic E-state index is 13.5. The van der Waals surface area contributed by atoms with Crippen LogP contribution in [0.15, 0.2) is 38.3 Å². The molecule has 0 fully saturated rings. The van der Waals surface area contributed by atoms with E-state index in [1.807, 2.05) is 0 Å². The summed E-state index contributed by atoms with van der Waals surface area (Å²) in [6.07, 6.45) is 0. The molecule has 0 amide bonds. The van der Waals surface area contributed by atoms with Crippen LogP contribution in [-0.2, 0) is 18.3 Å². The van der Waals surface area contributed by atoms with Crippen LogP contribution in [0.2, 0.25) is 0 Å². The van der Waals surface area contributed by atoms with Crippen molar-refractivity contribution in [3.63, 3.8) is 0 Å². The minimum absolute atomic E-state index is 0.00279. The van der Waals surface area contributed by atoms with E-state index < -0.39 is 17.2 Å². The quantitative estimate of drug-likeness (QED) is 0.356. The number of methoxy groups -OCH3 is 2. The Labute approximate surface area is 205 Å². The molecule has 0 N–H and O–H groups in total. The monoisotopic (exact) mass is 494 g/mol. The summed E-state index contributed by atoms with van der Waals surface area (Å²) in [6, 6.07) is 6.75. The summed E-state index contributed by atoms with van der Waals surface area (Å²) in [6.45, 7) is 4.98. The van der Waals surface area contributed by atoms with E-state index in [2.05, 4.69) is 9.97 Å². The standard InChI is InChI=1S/C25H26N4O7/c1-7-35-24(31)16-11-13(2)26-21-19(16)23(30)29(25(32)28(21)4)12-17-14(3)36-22(27-17)15-9-8-10-18(33-5)20(15)34-6/h8-11H,7,12H2,1-6H3. The fourth-order valence-corrected chi connectivity index (χ4v) is 4.01. The zero-order valence-electron chi connectivity index (χ0n) is 20.9. The van der Waals surface area contributed by atoms with Crippen molar-refractivity contribution < 1.29 is 23.4 Å². The number of oxazole rings is 1. The van der Waals surface area contributed by atoms with Gasteiger partial charge in [-0.1, -0.05) is 6.07 Å². The molecule has 0 spiro atoms. The predicted molar refractivity (Wildman–Crippen MR) is 131 cm³/mol. The number of para-hydroxylation sites is 1. The van der Waals surface area contributed by atoms with Crippen molar-refractivity contribution in [3.8, 4) is 23.0 Å². The van der Waals surface area contributed by atoms with Crippen LogP contribution in [0.5, 0.6) is 11.5 Å². The molecule has 36 heavy (non-hydrogen) atoms. The van der Waals surface area contributed by atoms with Crippen LogP contribution < -0.4 is 20.7 Å². The minimum atomic E-state index is -0.674. The molecule has 11 nitrogen and oxygen atoms in total. The van der Waals surface area contributed by atoms with Crippen LogP contribution in [-0.4, -0.2) is 45.9 Å². The molecule has 0 aliphatic heterocycles. The lowest BCUT2D eigenvalue weighted by Crippen LogP contribution is -2.40. The fraction of sp³-hybridized carbons (Fsp3) is 0.320. The molecule has 0 saturated heterocycles. The van der Waals surface area contributed by atoms with Gasteiger partial charge in [0.25, 0.3) is 5.56 Å². The summed E-state index contributed by atoms with van der Waals surface area (Å²) in [5, 5.41) is -0.00279. The molecule has 0 bridgehead atoms. The second-order valence-electron chi connectivity index (χ2n) is 8.03. The first-order valence-electron chi connectivity index (χ1n) is 11.2. The van der Waals surface area contributed by atoms with E-state index in [0.717, 1.165) is 4.57 Å². The summed E-state index contributed by atoms with van der Waals surface area (Å²) in [5.74, 6) is 0.929. The molecule has 3 heterocycles. The Hall–Kier alpha value is -4.41. The Morgan fingerprint density at radius 1 is 1.11 bits per heavy atom. The topological polar surface area (TPSA) is 128 Å². The maximum Gasteiger partial charge on any atom is 0.339 e. The number of esters is 1. The lowest BCUT2D eigenvalue weighted by atomic mass is 10.1. The first-order valence-corrected chi connectivity index (χ1v) is 11.2. The normalized spacial score (nSPS) is 11.1. The molecule has 0 aliphatic rings. The van der Waals surface area contributed by atoms with E-state index in [0.29, 0.717) is 34.2 Å². The number of nitrogens with zero attached hydrogens (tertiary/aromatic N) is 4. The molecular formula is C25H26N4O7. The number of aryl methyl sites for hydroxylation is 3. The zero-order chi connectivity index (χ0) is 26.1. The number of fused-ring (bicyclic) bond motifs is 1. The first kappa shape index (κ1) is 24.7. The lowest BCUT2D eigenvalue weighted by molar-refractivity contribution is 0.0528. The number of pyridine rings is 1. The molecule has 4 aromatic rings. The van der Waals surface area contributed by atoms with Crippen LogP contribution >= 0.6 is 0 Å². The van der Waals surface area contributed by atoms with Gasteiger partial charge in [0.15, 0.2) is 11.5 Å². The molecule has 11 heteroatoms. The van der Waals surface area contributed by atoms with Crippen molar-refractivity contribution in [1.29, 1.82) is 0 Å². The highest BCUT2D eigenvalue weighted by molar-refractivity contribution is 6.02. The third-order valence-corrected chi connectivity index (χ3v) is 5.75. The third kappa shape index (κ3) is 4.12. The Bertz CT molecular complexity index is 1600. The van der Waals surface area contributed by atoms with Gasteiger partial charge in [-0.2, -0.15) is 0 Å². The van der Waals surface area contributed by atoms with Gasteiger partial charge in [0.1, 0.15) is 17.1 Å². The molecular weight excluding hydrogens is 468 g/mol. The van der Waals surface area contributed by atoms with Gasteiger partial charge in [-0.15, -0.1) is 0 Å². The van der Waals surface area contributed by atoms with E-state index in [1.54, 1.807) is 39.0 Å². The molecule has 3 aromatic heterocycles. The largest absolute Gasteiger partial charge is 0.493 e. The first-order chi connectivity index (χ1) is 17.2. The van der Waals surface area contributed by atoms with Gasteiger partial charge in [-0.25, -0.2) is 19.6 Å². The van der Waals surface area contributed by atoms with Crippen molar-refractivity contribution in [2.75, 3.05) is 20.8 Å². The Kier molecular flexibility index (Phi) is 6.65. The van der Waals surface area contributed by atoms with Crippen LogP contribution in [0.4, 0.5) is 0 Å². The second-order valence-corrected chi connectivity index (χ2v) is 8.03. The van der Waals surface area contributed by atoms with Crippen molar-refractivity contribution in [3.05, 3.63) is 67.8 Å². The summed E-state index contributed by atoms with van der Waals surface area (Å²) < 4.78 is 24.0. The number of rotatable bonds is 7. The molecule has 0 atom stereocenters. The molecule has 0 unspecified atom stereocenters. The predicted octanol–water partition coefficient (Wildman–Crippen LogP) is 2.61. The lowest BCUT2D eigenvalue weighted by Gasteiger charge is -2.12. The Balaban J connectivity index is 1.88. The van der Waals surface area contributed by atoms with Crippen molar-refractivity contribution in [2.45, 2.75) is 27.3 Å². The van der Waals surface area contributed by atoms with Gasteiger partial charge in [-0.05, 0) is 39.0 Å². The van der Waals surface area contributed by atoms with E-state index in [4.69, 9.17) is 18.6 Å². The van der Waals surface area contributed by atoms with E-state index >= 15 is 0 Å². The van der Waals surface area contributed by atoms with Crippen molar-refractivity contribution in [2.24, 2.45) is 7.05 Å². The van der Waals surface area contributed by atoms with Gasteiger partial charge < -0.3 is 18.6 Å². The second kappa shape index (κ2) is 9.68. The average Bonchev–Trinajstić information content (AvgIpc) is 3.23. The van der Waals surface area contributed by atoms with Crippen LogP contribution in [0.25, 0.3) is 22.5 Å². The highest BCUT2D eigenvalue weighted by Crippen LogP contribution is 2.37. The van der Waals surface area contributed by atoms with Crippen molar-refractivity contribution in [1.82, 2.24) is 19.1 Å². The highest BCUT2D eigenvalue weighted by Gasteiger charge is 2.23. The molecule has 4 rings (SSSR count). The molecule has 0 radical (unpaired) electrons.